The largest absolute Gasteiger partial charge is 0.416 e. The SMILES string of the molecule is Cc1ncccc1-c1cc(N2C[C@@H](O)C[C@H]2CO)ncc1N(C)C(=O)C(C)(C)c1cc(C(F)(F)F)cc(C(F)(F)F)c1. The van der Waals surface area contributed by atoms with Crippen LogP contribution in [0.25, 0.3) is 11.1 Å². The summed E-state index contributed by atoms with van der Waals surface area (Å²) in [4.78, 5) is 25.5. The highest BCUT2D eigenvalue weighted by atomic mass is 19.4. The highest BCUT2D eigenvalue weighted by Crippen LogP contribution is 2.41. The fraction of sp³-hybridized carbons (Fsp3) is 0.414. The Morgan fingerprint density at radius 2 is 1.60 bits per heavy atom. The highest BCUT2D eigenvalue weighted by Gasteiger charge is 2.41. The molecule has 3 heterocycles. The summed E-state index contributed by atoms with van der Waals surface area (Å²) < 4.78 is 81.4. The summed E-state index contributed by atoms with van der Waals surface area (Å²) in [7, 11) is 1.37. The number of benzene rings is 1. The number of hydrogen-bond donors (Lipinski definition) is 2. The standard InChI is InChI=1S/C29H30F6N4O3/c1-16-22(6-5-7-36-16)23-12-25(39-14-21(41)11-20(39)15-40)37-13-24(23)38(4)26(42)27(2,3)17-8-18(28(30,31)32)10-19(9-17)29(33,34)35/h5-10,12-13,20-21,40-41H,11,14-15H2,1-4H3/t20-,21-/m0/s1. The van der Waals surface area contributed by atoms with Crippen LogP contribution in [0.15, 0.2) is 48.8 Å². The number of carbonyl (C=O) groups excluding carboxylic acids is 1. The summed E-state index contributed by atoms with van der Waals surface area (Å²) in [6.07, 6.45) is -7.56. The molecule has 0 radical (unpaired) electrons. The number of anilines is 2. The molecule has 13 heteroatoms. The van der Waals surface area contributed by atoms with E-state index < -0.39 is 52.5 Å². The minimum Gasteiger partial charge on any atom is -0.394 e. The molecule has 0 spiro atoms. The van der Waals surface area contributed by atoms with E-state index in [1.165, 1.54) is 27.1 Å². The Kier molecular flexibility index (Phi) is 8.31. The van der Waals surface area contributed by atoms with Crippen molar-refractivity contribution in [2.24, 2.45) is 0 Å². The molecule has 2 atom stereocenters. The van der Waals surface area contributed by atoms with E-state index in [0.717, 1.165) is 4.90 Å². The van der Waals surface area contributed by atoms with Gasteiger partial charge in [-0.05, 0) is 63.1 Å². The molecule has 1 amide bonds. The predicted molar refractivity (Wildman–Crippen MR) is 144 cm³/mol. The summed E-state index contributed by atoms with van der Waals surface area (Å²) in [6.45, 7) is 4.24. The van der Waals surface area contributed by atoms with E-state index in [0.29, 0.717) is 41.2 Å². The molecule has 0 aliphatic carbocycles. The maximum atomic E-state index is 13.9. The average molecular weight is 597 g/mol. The van der Waals surface area contributed by atoms with E-state index in [1.807, 2.05) is 0 Å². The molecule has 4 rings (SSSR count). The lowest BCUT2D eigenvalue weighted by atomic mass is 9.81. The predicted octanol–water partition coefficient (Wildman–Crippen LogP) is 5.36. The van der Waals surface area contributed by atoms with Crippen LogP contribution >= 0.6 is 0 Å². The van der Waals surface area contributed by atoms with Crippen LogP contribution in [-0.2, 0) is 22.6 Å². The average Bonchev–Trinajstić information content (AvgIpc) is 3.31. The van der Waals surface area contributed by atoms with Gasteiger partial charge in [0.25, 0.3) is 0 Å². The van der Waals surface area contributed by atoms with E-state index in [2.05, 4.69) is 9.97 Å². The third-order valence-corrected chi connectivity index (χ3v) is 7.57. The Labute approximate surface area is 238 Å². The zero-order valence-electron chi connectivity index (χ0n) is 23.3. The molecule has 0 bridgehead atoms. The first-order valence-corrected chi connectivity index (χ1v) is 13.0. The second-order valence-corrected chi connectivity index (χ2v) is 10.9. The number of likely N-dealkylation sites (N-methyl/N-ethyl adjacent to an activating group) is 1. The quantitative estimate of drug-likeness (QED) is 0.373. The van der Waals surface area contributed by atoms with Crippen LogP contribution in [0, 0.1) is 6.92 Å². The molecule has 1 saturated heterocycles. The number of amides is 1. The lowest BCUT2D eigenvalue weighted by Gasteiger charge is -2.32. The summed E-state index contributed by atoms with van der Waals surface area (Å²) in [5.41, 5.74) is -3.42. The van der Waals surface area contributed by atoms with Gasteiger partial charge >= 0.3 is 12.4 Å². The minimum atomic E-state index is -5.07. The number of aromatic nitrogens is 2. The molecule has 3 aromatic rings. The smallest absolute Gasteiger partial charge is 0.394 e. The molecular weight excluding hydrogens is 566 g/mol. The molecule has 2 N–H and O–H groups in total. The first kappa shape index (κ1) is 31.2. The molecule has 1 aliphatic rings. The van der Waals surface area contributed by atoms with E-state index in [4.69, 9.17) is 0 Å². The van der Waals surface area contributed by atoms with Crippen LogP contribution in [-0.4, -0.2) is 58.4 Å². The minimum absolute atomic E-state index is 0.0225. The molecule has 42 heavy (non-hydrogen) atoms. The molecule has 1 aromatic carbocycles. The van der Waals surface area contributed by atoms with Crippen molar-refractivity contribution in [1.29, 1.82) is 0 Å². The fourth-order valence-electron chi connectivity index (χ4n) is 5.16. The maximum Gasteiger partial charge on any atom is 0.416 e. The fourth-order valence-corrected chi connectivity index (χ4v) is 5.16. The molecule has 2 aromatic heterocycles. The number of pyridine rings is 2. The number of aliphatic hydroxyl groups excluding tert-OH is 2. The second kappa shape index (κ2) is 11.2. The zero-order chi connectivity index (χ0) is 31.2. The van der Waals surface area contributed by atoms with Crippen molar-refractivity contribution in [2.45, 2.75) is 57.1 Å². The Balaban J connectivity index is 1.82. The van der Waals surface area contributed by atoms with Gasteiger partial charge in [0.2, 0.25) is 5.91 Å². The van der Waals surface area contributed by atoms with E-state index >= 15 is 0 Å². The van der Waals surface area contributed by atoms with Crippen molar-refractivity contribution in [1.82, 2.24) is 9.97 Å². The summed E-state index contributed by atoms with van der Waals surface area (Å²) in [5.74, 6) is -0.377. The number of alkyl halides is 6. The highest BCUT2D eigenvalue weighted by molar-refractivity contribution is 6.03. The molecule has 0 unspecified atom stereocenters. The number of aliphatic hydroxyl groups is 2. The lowest BCUT2D eigenvalue weighted by Crippen LogP contribution is -2.42. The van der Waals surface area contributed by atoms with Crippen LogP contribution in [0.2, 0.25) is 0 Å². The van der Waals surface area contributed by atoms with Crippen LogP contribution in [0.1, 0.15) is 42.7 Å². The molecule has 1 fully saturated rings. The van der Waals surface area contributed by atoms with Gasteiger partial charge in [0.05, 0.1) is 47.2 Å². The van der Waals surface area contributed by atoms with Gasteiger partial charge in [-0.15, -0.1) is 0 Å². The van der Waals surface area contributed by atoms with E-state index in [1.54, 1.807) is 36.2 Å². The Hall–Kier alpha value is -3.71. The topological polar surface area (TPSA) is 89.8 Å². The van der Waals surface area contributed by atoms with Gasteiger partial charge in [0, 0.05) is 36.6 Å². The third kappa shape index (κ3) is 6.07. The van der Waals surface area contributed by atoms with Gasteiger partial charge in [0.1, 0.15) is 5.82 Å². The first-order chi connectivity index (χ1) is 19.4. The second-order valence-electron chi connectivity index (χ2n) is 10.9. The number of β-amino-alcohol motifs (C(OH)–C–C–N with tert-alkyl or cyclic N) is 1. The van der Waals surface area contributed by atoms with Gasteiger partial charge in [0.15, 0.2) is 0 Å². The molecule has 1 aliphatic heterocycles. The van der Waals surface area contributed by atoms with Crippen LogP contribution in [0.4, 0.5) is 37.8 Å². The van der Waals surface area contributed by atoms with Crippen molar-refractivity contribution in [3.63, 3.8) is 0 Å². The van der Waals surface area contributed by atoms with Crippen molar-refractivity contribution < 1.29 is 41.4 Å². The summed E-state index contributed by atoms with van der Waals surface area (Å²) in [6, 6.07) is 5.82. The zero-order valence-corrected chi connectivity index (χ0v) is 23.3. The monoisotopic (exact) mass is 596 g/mol. The van der Waals surface area contributed by atoms with Gasteiger partial charge in [-0.1, -0.05) is 6.07 Å². The molecule has 226 valence electrons. The third-order valence-electron chi connectivity index (χ3n) is 7.57. The Morgan fingerprint density at radius 3 is 2.14 bits per heavy atom. The molecule has 7 nitrogen and oxygen atoms in total. The number of nitrogens with zero attached hydrogens (tertiary/aromatic N) is 4. The van der Waals surface area contributed by atoms with Gasteiger partial charge in [-0.3, -0.25) is 9.78 Å². The van der Waals surface area contributed by atoms with Crippen LogP contribution in [0.5, 0.6) is 0 Å². The van der Waals surface area contributed by atoms with Gasteiger partial charge in [-0.2, -0.15) is 26.3 Å². The summed E-state index contributed by atoms with van der Waals surface area (Å²) >= 11 is 0. The number of halogens is 6. The number of hydrogen-bond acceptors (Lipinski definition) is 6. The van der Waals surface area contributed by atoms with Crippen LogP contribution in [0.3, 0.4) is 0 Å². The van der Waals surface area contributed by atoms with E-state index in [9.17, 15) is 41.4 Å². The summed E-state index contributed by atoms with van der Waals surface area (Å²) in [5, 5.41) is 20.0. The number of rotatable bonds is 6. The normalized spacial score (nSPS) is 18.0. The van der Waals surface area contributed by atoms with Crippen molar-refractivity contribution >= 4 is 17.4 Å². The number of aryl methyl sites for hydroxylation is 1. The van der Waals surface area contributed by atoms with Crippen molar-refractivity contribution in [3.05, 3.63) is 71.2 Å². The molecular formula is C29H30F6N4O3. The molecule has 0 saturated carbocycles. The maximum absolute atomic E-state index is 13.9. The number of carbonyl (C=O) groups is 1. The Bertz CT molecular complexity index is 1440. The van der Waals surface area contributed by atoms with Gasteiger partial charge in [-0.25, -0.2) is 4.98 Å². The van der Waals surface area contributed by atoms with E-state index in [-0.39, 0.29) is 24.9 Å². The van der Waals surface area contributed by atoms with Crippen LogP contribution < -0.4 is 9.80 Å². The first-order valence-electron chi connectivity index (χ1n) is 13.0. The lowest BCUT2D eigenvalue weighted by molar-refractivity contribution is -0.143. The van der Waals surface area contributed by atoms with Crippen molar-refractivity contribution in [3.8, 4) is 11.1 Å². The van der Waals surface area contributed by atoms with Gasteiger partial charge < -0.3 is 20.0 Å². The van der Waals surface area contributed by atoms with Crippen molar-refractivity contribution in [2.75, 3.05) is 30.0 Å². The Morgan fingerprint density at radius 1 is 1.00 bits per heavy atom.